The van der Waals surface area contributed by atoms with Crippen LogP contribution in [0.5, 0.6) is 0 Å². The Labute approximate surface area is 176 Å². The maximum absolute atomic E-state index is 4.49. The van der Waals surface area contributed by atoms with Gasteiger partial charge < -0.3 is 16.7 Å². The quantitative estimate of drug-likeness (QED) is 0.260. The molecule has 3 nitrogen and oxygen atoms in total. The number of nitrogens with zero attached hydrogens (tertiary/aromatic N) is 3. The first kappa shape index (κ1) is 20.3. The molecule has 0 saturated carbocycles. The van der Waals surface area contributed by atoms with E-state index in [0.29, 0.717) is 0 Å². The number of imidazole rings is 1. The summed E-state index contributed by atoms with van der Waals surface area (Å²) in [6.07, 6.45) is 3.86. The molecule has 4 aromatic rings. The minimum absolute atomic E-state index is 0. The summed E-state index contributed by atoms with van der Waals surface area (Å²) in [5.74, 6) is 0. The molecule has 0 fully saturated rings. The van der Waals surface area contributed by atoms with Gasteiger partial charge in [-0.1, -0.05) is 11.5 Å². The van der Waals surface area contributed by atoms with Gasteiger partial charge in [-0.15, -0.1) is 29.7 Å². The molecule has 0 spiro atoms. The van der Waals surface area contributed by atoms with Gasteiger partial charge in [0, 0.05) is 70.4 Å². The van der Waals surface area contributed by atoms with E-state index in [-0.39, 0.29) is 61.2 Å². The van der Waals surface area contributed by atoms with Crippen LogP contribution in [0.1, 0.15) is 0 Å². The van der Waals surface area contributed by atoms with Crippen LogP contribution in [-0.2, 0) is 53.8 Å². The summed E-state index contributed by atoms with van der Waals surface area (Å²) in [7, 11) is 4.11. The number of anilines is 1. The van der Waals surface area contributed by atoms with Crippen LogP contribution in [-0.4, -0.2) is 23.5 Å². The number of fused-ring (bicyclic) bond motifs is 6. The normalized spacial score (nSPS) is 10.0. The Morgan fingerprint density at radius 3 is 2.65 bits per heavy atom. The molecule has 0 aliphatic heterocycles. The molecule has 2 aromatic carbocycles. The van der Waals surface area contributed by atoms with E-state index in [9.17, 15) is 0 Å². The Hall–Kier alpha value is -0.758. The molecule has 0 saturated heterocycles. The molecule has 23 heavy (non-hydrogen) atoms. The van der Waals surface area contributed by atoms with Gasteiger partial charge in [-0.05, 0) is 17.5 Å². The van der Waals surface area contributed by atoms with Gasteiger partial charge in [-0.25, -0.2) is 0 Å². The Morgan fingerprint density at radius 1 is 1.13 bits per heavy atom. The van der Waals surface area contributed by atoms with Crippen molar-refractivity contribution < 1.29 is 53.8 Å². The van der Waals surface area contributed by atoms with Crippen LogP contribution >= 0.6 is 0 Å². The zero-order valence-corrected chi connectivity index (χ0v) is 18.5. The third-order valence-electron chi connectivity index (χ3n) is 3.77. The largest absolute Gasteiger partial charge is 2.00 e. The zero-order valence-electron chi connectivity index (χ0n) is 13.4. The van der Waals surface area contributed by atoms with Crippen molar-refractivity contribution in [2.45, 2.75) is 0 Å². The molecule has 117 valence electrons. The summed E-state index contributed by atoms with van der Waals surface area (Å²) in [5, 5.41) is 3.50. The first-order valence-electron chi connectivity index (χ1n) is 6.62. The van der Waals surface area contributed by atoms with Gasteiger partial charge in [0.2, 0.25) is 0 Å². The number of hydrogen-bond donors (Lipinski definition) is 0. The van der Waals surface area contributed by atoms with Gasteiger partial charge in [-0.3, -0.25) is 4.98 Å². The summed E-state index contributed by atoms with van der Waals surface area (Å²) in [6, 6.07) is 16.0. The van der Waals surface area contributed by atoms with Crippen molar-refractivity contribution in [1.29, 1.82) is 0 Å². The van der Waals surface area contributed by atoms with Crippen molar-refractivity contribution in [1.82, 2.24) is 9.38 Å². The van der Waals surface area contributed by atoms with Crippen molar-refractivity contribution in [3.63, 3.8) is 0 Å². The van der Waals surface area contributed by atoms with Crippen LogP contribution in [0.15, 0.2) is 48.8 Å². The molecule has 0 atom stereocenters. The van der Waals surface area contributed by atoms with Gasteiger partial charge in [0.1, 0.15) is 0 Å². The first-order chi connectivity index (χ1) is 9.75. The third kappa shape index (κ3) is 3.24. The number of aromatic nitrogens is 2. The molecule has 2 heterocycles. The van der Waals surface area contributed by atoms with E-state index >= 15 is 0 Å². The van der Waals surface area contributed by atoms with Crippen molar-refractivity contribution in [2.24, 2.45) is 0 Å². The monoisotopic (exact) mass is 559 g/mol. The molecular formula is C18H17N3PtY. The second-order valence-corrected chi connectivity index (χ2v) is 5.18. The van der Waals surface area contributed by atoms with E-state index in [2.05, 4.69) is 58.7 Å². The van der Waals surface area contributed by atoms with Gasteiger partial charge in [0.05, 0.1) is 5.65 Å². The van der Waals surface area contributed by atoms with Gasteiger partial charge in [0.25, 0.3) is 0 Å². The predicted molar refractivity (Wildman–Crippen MR) is 89.8 cm³/mol. The van der Waals surface area contributed by atoms with E-state index in [0.717, 1.165) is 11.0 Å². The molecule has 0 N–H and O–H groups in total. The van der Waals surface area contributed by atoms with Crippen LogP contribution in [0, 0.1) is 13.5 Å². The zero-order chi connectivity index (χ0) is 13.7. The maximum Gasteiger partial charge on any atom is 2.00 e. The number of benzene rings is 2. The minimum Gasteiger partial charge on any atom is -0.378 e. The minimum atomic E-state index is 0. The number of rotatable bonds is 1. The van der Waals surface area contributed by atoms with Crippen molar-refractivity contribution >= 4 is 33.0 Å². The number of pyridine rings is 1. The molecule has 0 bridgehead atoms. The fourth-order valence-electron chi connectivity index (χ4n) is 2.75. The van der Waals surface area contributed by atoms with Gasteiger partial charge >= 0.3 is 21.1 Å². The van der Waals surface area contributed by atoms with Gasteiger partial charge in [-0.2, -0.15) is 0 Å². The molecule has 5 heteroatoms. The summed E-state index contributed by atoms with van der Waals surface area (Å²) in [6.45, 7) is 0. The molecular weight excluding hydrogens is 542 g/mol. The molecule has 2 aromatic heterocycles. The third-order valence-corrected chi connectivity index (χ3v) is 3.77. The fourth-order valence-corrected chi connectivity index (χ4v) is 2.75. The maximum atomic E-state index is 4.49. The average molecular weight is 559 g/mol. The molecule has 0 unspecified atom stereocenters. The molecule has 0 amide bonds. The Bertz CT molecular complexity index is 947. The van der Waals surface area contributed by atoms with Crippen LogP contribution < -0.4 is 4.90 Å². The Balaban J connectivity index is 0.000000882. The van der Waals surface area contributed by atoms with E-state index in [4.69, 9.17) is 0 Å². The summed E-state index contributed by atoms with van der Waals surface area (Å²) < 4.78 is 2.14. The van der Waals surface area contributed by atoms with E-state index in [1.54, 1.807) is 0 Å². The van der Waals surface area contributed by atoms with E-state index < -0.39 is 0 Å². The summed E-state index contributed by atoms with van der Waals surface area (Å²) >= 11 is 0. The van der Waals surface area contributed by atoms with Crippen LogP contribution in [0.25, 0.3) is 27.3 Å². The molecule has 1 radical (unpaired) electrons. The average Bonchev–Trinajstić information content (AvgIpc) is 2.96. The summed E-state index contributed by atoms with van der Waals surface area (Å²) in [4.78, 5) is 6.60. The number of hydrogen-bond acceptors (Lipinski definition) is 2. The van der Waals surface area contributed by atoms with E-state index in [1.165, 1.54) is 22.0 Å². The fraction of sp³-hybridized carbons (Fsp3) is 0.111. The first-order valence-corrected chi connectivity index (χ1v) is 6.62. The Morgan fingerprint density at radius 2 is 1.91 bits per heavy atom. The SMILES string of the molecule is CN(C)c1ccc2c3ccc[c-]c3c3nccn3c2c1.[CH3-].[Pt+2].[Y]. The van der Waals surface area contributed by atoms with Gasteiger partial charge in [0.15, 0.2) is 0 Å². The second kappa shape index (κ2) is 7.88. The summed E-state index contributed by atoms with van der Waals surface area (Å²) in [5.41, 5.74) is 3.33. The van der Waals surface area contributed by atoms with Crippen molar-refractivity contribution in [2.75, 3.05) is 19.0 Å². The predicted octanol–water partition coefficient (Wildman–Crippen LogP) is 3.95. The molecule has 0 aliphatic rings. The van der Waals surface area contributed by atoms with Crippen LogP contribution in [0.2, 0.25) is 0 Å². The second-order valence-electron chi connectivity index (χ2n) is 5.18. The Kier molecular flexibility index (Phi) is 6.95. The van der Waals surface area contributed by atoms with E-state index in [1.807, 2.05) is 24.5 Å². The smallest absolute Gasteiger partial charge is 0.378 e. The molecule has 0 aliphatic carbocycles. The van der Waals surface area contributed by atoms with Crippen LogP contribution in [0.3, 0.4) is 0 Å². The van der Waals surface area contributed by atoms with Crippen LogP contribution in [0.4, 0.5) is 5.69 Å². The standard InChI is InChI=1S/C17H14N3.CH3.Pt.Y/c1-19(2)12-7-8-14-13-5-3-4-6-15(13)17-18-9-10-20(17)16(14)11-12;;;/h3-5,7-11H,1-2H3;1H3;;/q2*-1;+2;. The molecule has 4 rings (SSSR count). The van der Waals surface area contributed by atoms with Crippen molar-refractivity contribution in [3.8, 4) is 0 Å². The van der Waals surface area contributed by atoms with Crippen molar-refractivity contribution in [3.05, 3.63) is 62.3 Å². The topological polar surface area (TPSA) is 20.5 Å².